The minimum atomic E-state index is -0.680. The minimum absolute atomic E-state index is 0.0391. The molecule has 1 fully saturated rings. The zero-order valence-corrected chi connectivity index (χ0v) is 14.6. The van der Waals surface area contributed by atoms with Crippen LogP contribution in [-0.2, 0) is 14.3 Å². The molecular weight excluding hydrogens is 312 g/mol. The molecule has 1 aromatic heterocycles. The molecule has 1 amide bonds. The van der Waals surface area contributed by atoms with Gasteiger partial charge in [0.15, 0.2) is 5.69 Å². The van der Waals surface area contributed by atoms with Gasteiger partial charge in [-0.1, -0.05) is 0 Å². The van der Waals surface area contributed by atoms with Gasteiger partial charge >= 0.3 is 11.9 Å². The Kier molecular flexibility index (Phi) is 4.91. The summed E-state index contributed by atoms with van der Waals surface area (Å²) in [5.74, 6) is -1.10. The Morgan fingerprint density at radius 1 is 1.25 bits per heavy atom. The van der Waals surface area contributed by atoms with Gasteiger partial charge in [-0.2, -0.15) is 0 Å². The maximum atomic E-state index is 12.3. The highest BCUT2D eigenvalue weighted by atomic mass is 16.6. The van der Waals surface area contributed by atoms with Crippen LogP contribution in [-0.4, -0.2) is 41.6 Å². The second-order valence-electron chi connectivity index (χ2n) is 6.74. The number of carbonyl (C=O) groups excluding carboxylic acids is 3. The number of carbonyl (C=O) groups is 3. The van der Waals surface area contributed by atoms with E-state index in [1.165, 1.54) is 24.1 Å². The van der Waals surface area contributed by atoms with Crippen molar-refractivity contribution in [3.8, 4) is 0 Å². The summed E-state index contributed by atoms with van der Waals surface area (Å²) in [6, 6.07) is 2.74. The molecular formula is C17H22N2O5. The number of nitrogens with zero attached hydrogens (tertiary/aromatic N) is 2. The molecule has 1 aliphatic heterocycles. The van der Waals surface area contributed by atoms with E-state index in [-0.39, 0.29) is 29.0 Å². The molecule has 7 nitrogen and oxygen atoms in total. The van der Waals surface area contributed by atoms with Crippen LogP contribution in [0.4, 0.5) is 5.82 Å². The lowest BCUT2D eigenvalue weighted by Crippen LogP contribution is -2.32. The summed E-state index contributed by atoms with van der Waals surface area (Å²) in [6.45, 7) is 7.14. The number of hydrogen-bond donors (Lipinski definition) is 0. The summed E-state index contributed by atoms with van der Waals surface area (Å²) in [6.07, 6.45) is 1.11. The van der Waals surface area contributed by atoms with Crippen molar-refractivity contribution in [1.82, 2.24) is 4.98 Å². The molecule has 1 aliphatic rings. The molecule has 2 heterocycles. The number of rotatable bonds is 3. The van der Waals surface area contributed by atoms with Crippen molar-refractivity contribution in [2.75, 3.05) is 12.0 Å². The van der Waals surface area contributed by atoms with Crippen LogP contribution in [0, 0.1) is 0 Å². The van der Waals surface area contributed by atoms with E-state index in [0.717, 1.165) is 0 Å². The molecule has 0 aromatic carbocycles. The van der Waals surface area contributed by atoms with Gasteiger partial charge in [-0.25, -0.2) is 14.6 Å². The lowest BCUT2D eigenvalue weighted by atomic mass is 10.1. The van der Waals surface area contributed by atoms with Crippen LogP contribution in [0.1, 0.15) is 61.4 Å². The SMILES string of the molecule is COC(=O)c1cc(C(=O)OC(C)(C)C)cc(N2C(=O)CCC2C)n1. The van der Waals surface area contributed by atoms with Crippen LogP contribution in [0.5, 0.6) is 0 Å². The van der Waals surface area contributed by atoms with Crippen molar-refractivity contribution >= 4 is 23.7 Å². The van der Waals surface area contributed by atoms with Crippen LogP contribution >= 0.6 is 0 Å². The Balaban J connectivity index is 2.48. The molecule has 0 N–H and O–H groups in total. The van der Waals surface area contributed by atoms with E-state index in [0.29, 0.717) is 12.8 Å². The number of pyridine rings is 1. The van der Waals surface area contributed by atoms with Crippen LogP contribution in [0.3, 0.4) is 0 Å². The monoisotopic (exact) mass is 334 g/mol. The third-order valence-corrected chi connectivity index (χ3v) is 3.57. The average molecular weight is 334 g/mol. The zero-order chi connectivity index (χ0) is 18.1. The number of esters is 2. The first-order valence-corrected chi connectivity index (χ1v) is 7.78. The topological polar surface area (TPSA) is 85.8 Å². The summed E-state index contributed by atoms with van der Waals surface area (Å²) in [7, 11) is 1.23. The molecule has 0 spiro atoms. The average Bonchev–Trinajstić information content (AvgIpc) is 2.83. The maximum absolute atomic E-state index is 12.3. The molecule has 2 rings (SSSR count). The van der Waals surface area contributed by atoms with Crippen LogP contribution in [0.25, 0.3) is 0 Å². The lowest BCUT2D eigenvalue weighted by Gasteiger charge is -2.23. The van der Waals surface area contributed by atoms with Crippen molar-refractivity contribution in [1.29, 1.82) is 0 Å². The van der Waals surface area contributed by atoms with Gasteiger partial charge in [0.05, 0.1) is 12.7 Å². The Bertz CT molecular complexity index is 678. The standard InChI is InChI=1S/C17H22N2O5/c1-10-6-7-14(20)19(10)13-9-11(15(21)24-17(2,3)4)8-12(18-13)16(22)23-5/h8-10H,6-7H2,1-5H3. The van der Waals surface area contributed by atoms with Crippen LogP contribution in [0.2, 0.25) is 0 Å². The Morgan fingerprint density at radius 3 is 2.42 bits per heavy atom. The van der Waals surface area contributed by atoms with Gasteiger partial charge in [0, 0.05) is 12.5 Å². The number of hydrogen-bond acceptors (Lipinski definition) is 6. The highest BCUT2D eigenvalue weighted by Gasteiger charge is 2.31. The zero-order valence-electron chi connectivity index (χ0n) is 14.6. The van der Waals surface area contributed by atoms with E-state index < -0.39 is 17.5 Å². The van der Waals surface area contributed by atoms with Gasteiger partial charge in [-0.05, 0) is 46.2 Å². The Morgan fingerprint density at radius 2 is 1.92 bits per heavy atom. The predicted octanol–water partition coefficient (Wildman–Crippen LogP) is 2.34. The molecule has 24 heavy (non-hydrogen) atoms. The highest BCUT2D eigenvalue weighted by molar-refractivity contribution is 5.99. The van der Waals surface area contributed by atoms with E-state index in [2.05, 4.69) is 9.72 Å². The fourth-order valence-corrected chi connectivity index (χ4v) is 2.48. The number of anilines is 1. The third-order valence-electron chi connectivity index (χ3n) is 3.57. The Labute approximate surface area is 140 Å². The number of aromatic nitrogens is 1. The largest absolute Gasteiger partial charge is 0.464 e. The van der Waals surface area contributed by atoms with Gasteiger partial charge in [0.2, 0.25) is 5.91 Å². The molecule has 0 saturated carbocycles. The summed E-state index contributed by atoms with van der Waals surface area (Å²) < 4.78 is 10.0. The van der Waals surface area contributed by atoms with Gasteiger partial charge in [0.25, 0.3) is 0 Å². The van der Waals surface area contributed by atoms with Gasteiger partial charge in [-0.3, -0.25) is 9.69 Å². The molecule has 0 bridgehead atoms. The summed E-state index contributed by atoms with van der Waals surface area (Å²) >= 11 is 0. The molecule has 130 valence electrons. The fourth-order valence-electron chi connectivity index (χ4n) is 2.48. The molecule has 0 radical (unpaired) electrons. The molecule has 1 atom stereocenters. The van der Waals surface area contributed by atoms with Gasteiger partial charge in [-0.15, -0.1) is 0 Å². The minimum Gasteiger partial charge on any atom is -0.464 e. The maximum Gasteiger partial charge on any atom is 0.356 e. The first kappa shape index (κ1) is 17.9. The van der Waals surface area contributed by atoms with Crippen molar-refractivity contribution in [2.45, 2.75) is 52.2 Å². The van der Waals surface area contributed by atoms with Crippen molar-refractivity contribution in [3.05, 3.63) is 23.4 Å². The quantitative estimate of drug-likeness (QED) is 0.789. The number of ether oxygens (including phenoxy) is 2. The second kappa shape index (κ2) is 6.59. The second-order valence-corrected chi connectivity index (χ2v) is 6.74. The Hall–Kier alpha value is -2.44. The molecule has 1 aromatic rings. The van der Waals surface area contributed by atoms with E-state index in [4.69, 9.17) is 4.74 Å². The number of amides is 1. The molecule has 0 aliphatic carbocycles. The first-order chi connectivity index (χ1) is 11.1. The van der Waals surface area contributed by atoms with Crippen molar-refractivity contribution in [2.24, 2.45) is 0 Å². The molecule has 1 saturated heterocycles. The van der Waals surface area contributed by atoms with Gasteiger partial charge < -0.3 is 9.47 Å². The predicted molar refractivity (Wildman–Crippen MR) is 86.9 cm³/mol. The van der Waals surface area contributed by atoms with E-state index in [1.807, 2.05) is 6.92 Å². The lowest BCUT2D eigenvalue weighted by molar-refractivity contribution is -0.117. The smallest absolute Gasteiger partial charge is 0.356 e. The van der Waals surface area contributed by atoms with Crippen LogP contribution in [0.15, 0.2) is 12.1 Å². The number of methoxy groups -OCH3 is 1. The fraction of sp³-hybridized carbons (Fsp3) is 0.529. The van der Waals surface area contributed by atoms with Crippen LogP contribution < -0.4 is 4.90 Å². The summed E-state index contributed by atoms with van der Waals surface area (Å²) in [4.78, 5) is 42.0. The van der Waals surface area contributed by atoms with Crippen molar-refractivity contribution in [3.63, 3.8) is 0 Å². The normalized spacial score (nSPS) is 17.8. The van der Waals surface area contributed by atoms with E-state index >= 15 is 0 Å². The van der Waals surface area contributed by atoms with Gasteiger partial charge in [0.1, 0.15) is 11.4 Å². The van der Waals surface area contributed by atoms with E-state index in [9.17, 15) is 14.4 Å². The third kappa shape index (κ3) is 3.90. The van der Waals surface area contributed by atoms with E-state index in [1.54, 1.807) is 20.8 Å². The highest BCUT2D eigenvalue weighted by Crippen LogP contribution is 2.27. The summed E-state index contributed by atoms with van der Waals surface area (Å²) in [5, 5.41) is 0. The molecule has 7 heteroatoms. The first-order valence-electron chi connectivity index (χ1n) is 7.78. The molecule has 1 unspecified atom stereocenters. The summed E-state index contributed by atoms with van der Waals surface area (Å²) in [5.41, 5.74) is -0.562. The van der Waals surface area contributed by atoms with Crippen molar-refractivity contribution < 1.29 is 23.9 Å².